The molecule has 1 fully saturated rings. The molecule has 0 bridgehead atoms. The molecule has 1 aromatic heterocycles. The third-order valence-corrected chi connectivity index (χ3v) is 6.15. The van der Waals surface area contributed by atoms with Crippen molar-refractivity contribution in [2.24, 2.45) is 5.92 Å². The van der Waals surface area contributed by atoms with Crippen LogP contribution in [0.2, 0.25) is 0 Å². The van der Waals surface area contributed by atoms with Crippen molar-refractivity contribution in [2.45, 2.75) is 31.9 Å². The lowest BCUT2D eigenvalue weighted by atomic mass is 10.1. The van der Waals surface area contributed by atoms with Crippen LogP contribution in [0, 0.1) is 5.92 Å². The summed E-state index contributed by atoms with van der Waals surface area (Å²) >= 11 is 0. The van der Waals surface area contributed by atoms with E-state index in [0.717, 1.165) is 6.42 Å². The van der Waals surface area contributed by atoms with E-state index < -0.39 is 15.1 Å². The van der Waals surface area contributed by atoms with Gasteiger partial charge in [-0.15, -0.1) is 0 Å². The monoisotopic (exact) mass is 310 g/mol. The average Bonchev–Trinajstić information content (AvgIpc) is 2.46. The Morgan fingerprint density at radius 1 is 1.43 bits per heavy atom. The van der Waals surface area contributed by atoms with Crippen LogP contribution in [0.5, 0.6) is 0 Å². The number of carbonyl (C=O) groups excluding carboxylic acids is 1. The number of rotatable bonds is 4. The molecule has 0 saturated carbocycles. The zero-order valence-electron chi connectivity index (χ0n) is 12.5. The van der Waals surface area contributed by atoms with Gasteiger partial charge >= 0.3 is 0 Å². The smallest absolute Gasteiger partial charge is 0.272 e. The van der Waals surface area contributed by atoms with Crippen LogP contribution in [0.3, 0.4) is 0 Å². The molecule has 1 aromatic rings. The van der Waals surface area contributed by atoms with Gasteiger partial charge in [-0.2, -0.15) is 0 Å². The van der Waals surface area contributed by atoms with Crippen LogP contribution >= 0.6 is 0 Å². The van der Waals surface area contributed by atoms with Gasteiger partial charge in [-0.3, -0.25) is 9.78 Å². The van der Waals surface area contributed by atoms with Crippen molar-refractivity contribution < 1.29 is 13.2 Å². The summed E-state index contributed by atoms with van der Waals surface area (Å²) in [7, 11) is -3.15. The predicted molar refractivity (Wildman–Crippen MR) is 81.8 cm³/mol. The Morgan fingerprint density at radius 2 is 2.19 bits per heavy atom. The molecule has 1 amide bonds. The number of hydrogen-bond acceptors (Lipinski definition) is 4. The molecule has 0 N–H and O–H groups in total. The summed E-state index contributed by atoms with van der Waals surface area (Å²) in [5.74, 6) is 0.112. The predicted octanol–water partition coefficient (Wildman–Crippen LogP) is 1.76. The third kappa shape index (κ3) is 4.03. The Bertz CT molecular complexity index is 584. The van der Waals surface area contributed by atoms with Crippen LogP contribution in [-0.4, -0.2) is 48.3 Å². The van der Waals surface area contributed by atoms with E-state index in [4.69, 9.17) is 0 Å². The normalized spacial score (nSPS) is 19.8. The molecule has 2 rings (SSSR count). The van der Waals surface area contributed by atoms with Crippen molar-refractivity contribution in [1.29, 1.82) is 0 Å². The van der Waals surface area contributed by atoms with Crippen LogP contribution in [-0.2, 0) is 9.84 Å². The topological polar surface area (TPSA) is 67.3 Å². The van der Waals surface area contributed by atoms with Gasteiger partial charge in [0.25, 0.3) is 5.91 Å². The average molecular weight is 310 g/mol. The molecule has 6 heteroatoms. The van der Waals surface area contributed by atoms with Crippen molar-refractivity contribution in [2.75, 3.05) is 18.8 Å². The number of carbonyl (C=O) groups is 1. The summed E-state index contributed by atoms with van der Waals surface area (Å²) in [6.07, 6.45) is 2.94. The minimum absolute atomic E-state index is 0.108. The second-order valence-corrected chi connectivity index (χ2v) is 8.28. The first-order chi connectivity index (χ1) is 9.90. The second-order valence-electron chi connectivity index (χ2n) is 5.95. The Balaban J connectivity index is 2.09. The molecular formula is C15H22N2O3S. The fraction of sp³-hybridized carbons (Fsp3) is 0.600. The fourth-order valence-corrected chi connectivity index (χ4v) is 4.80. The van der Waals surface area contributed by atoms with Gasteiger partial charge in [0.1, 0.15) is 5.69 Å². The number of nitrogens with zero attached hydrogens (tertiary/aromatic N) is 2. The first-order valence-corrected chi connectivity index (χ1v) is 9.03. The number of piperidine rings is 1. The zero-order chi connectivity index (χ0) is 15.5. The van der Waals surface area contributed by atoms with Crippen molar-refractivity contribution >= 4 is 15.7 Å². The van der Waals surface area contributed by atoms with Crippen molar-refractivity contribution in [3.63, 3.8) is 0 Å². The molecule has 21 heavy (non-hydrogen) atoms. The van der Waals surface area contributed by atoms with Crippen molar-refractivity contribution in [1.82, 2.24) is 9.88 Å². The van der Waals surface area contributed by atoms with Crippen LogP contribution in [0.25, 0.3) is 0 Å². The molecule has 116 valence electrons. The van der Waals surface area contributed by atoms with E-state index in [1.165, 1.54) is 0 Å². The summed E-state index contributed by atoms with van der Waals surface area (Å²) in [6.45, 7) is 4.68. The highest BCUT2D eigenvalue weighted by atomic mass is 32.2. The van der Waals surface area contributed by atoms with Gasteiger partial charge < -0.3 is 4.90 Å². The molecule has 1 unspecified atom stereocenters. The molecule has 5 nitrogen and oxygen atoms in total. The third-order valence-electron chi connectivity index (χ3n) is 3.62. The van der Waals surface area contributed by atoms with Crippen LogP contribution < -0.4 is 0 Å². The highest BCUT2D eigenvalue weighted by Crippen LogP contribution is 2.20. The van der Waals surface area contributed by atoms with E-state index in [1.807, 2.05) is 13.8 Å². The second kappa shape index (κ2) is 6.56. The van der Waals surface area contributed by atoms with Gasteiger partial charge in [0.05, 0.1) is 11.0 Å². The van der Waals surface area contributed by atoms with E-state index in [2.05, 4.69) is 4.98 Å². The summed E-state index contributed by atoms with van der Waals surface area (Å²) in [4.78, 5) is 18.0. The molecule has 1 atom stereocenters. The lowest BCUT2D eigenvalue weighted by Gasteiger charge is -2.32. The number of hydrogen-bond donors (Lipinski definition) is 0. The lowest BCUT2D eigenvalue weighted by Crippen LogP contribution is -2.46. The van der Waals surface area contributed by atoms with E-state index >= 15 is 0 Å². The molecule has 0 spiro atoms. The van der Waals surface area contributed by atoms with Gasteiger partial charge in [0, 0.05) is 19.3 Å². The van der Waals surface area contributed by atoms with Gasteiger partial charge in [-0.25, -0.2) is 8.42 Å². The highest BCUT2D eigenvalue weighted by molar-refractivity contribution is 7.92. The lowest BCUT2D eigenvalue weighted by molar-refractivity contribution is 0.0721. The first-order valence-electron chi connectivity index (χ1n) is 7.32. The maximum absolute atomic E-state index is 12.4. The molecule has 1 aliphatic rings. The van der Waals surface area contributed by atoms with E-state index in [0.29, 0.717) is 18.7 Å². The standard InChI is InChI=1S/C15H22N2O3S/c1-12(2)11-21(19,20)13-6-5-9-17(10-13)15(18)14-7-3-4-8-16-14/h3-4,7-8,12-13H,5-6,9-11H2,1-2H3. The minimum Gasteiger partial charge on any atom is -0.336 e. The number of sulfone groups is 1. The largest absolute Gasteiger partial charge is 0.336 e. The van der Waals surface area contributed by atoms with Gasteiger partial charge in [-0.05, 0) is 30.9 Å². The number of likely N-dealkylation sites (tertiary alicyclic amines) is 1. The summed E-state index contributed by atoms with van der Waals surface area (Å²) in [5, 5.41) is -0.443. The molecular weight excluding hydrogens is 288 g/mol. The Kier molecular flexibility index (Phi) is 4.98. The summed E-state index contributed by atoms with van der Waals surface area (Å²) < 4.78 is 24.7. The maximum Gasteiger partial charge on any atom is 0.272 e. The van der Waals surface area contributed by atoms with Crippen LogP contribution in [0.1, 0.15) is 37.2 Å². The quantitative estimate of drug-likeness (QED) is 0.850. The number of pyridine rings is 1. The van der Waals surface area contributed by atoms with Gasteiger partial charge in [-0.1, -0.05) is 19.9 Å². The maximum atomic E-state index is 12.4. The van der Waals surface area contributed by atoms with Crippen molar-refractivity contribution in [3.8, 4) is 0 Å². The number of amides is 1. The van der Waals surface area contributed by atoms with Crippen LogP contribution in [0.4, 0.5) is 0 Å². The van der Waals surface area contributed by atoms with Gasteiger partial charge in [0.15, 0.2) is 9.84 Å². The molecule has 1 saturated heterocycles. The van der Waals surface area contributed by atoms with Crippen molar-refractivity contribution in [3.05, 3.63) is 30.1 Å². The number of aromatic nitrogens is 1. The SMILES string of the molecule is CC(C)CS(=O)(=O)C1CCCN(C(=O)c2ccccn2)C1. The van der Waals surface area contributed by atoms with E-state index in [-0.39, 0.29) is 24.1 Å². The molecule has 2 heterocycles. The van der Waals surface area contributed by atoms with Gasteiger partial charge in [0.2, 0.25) is 0 Å². The highest BCUT2D eigenvalue weighted by Gasteiger charge is 2.33. The minimum atomic E-state index is -3.15. The molecule has 0 aliphatic carbocycles. The first kappa shape index (κ1) is 15.9. The fourth-order valence-electron chi connectivity index (χ4n) is 2.67. The summed E-state index contributed by atoms with van der Waals surface area (Å²) in [6, 6.07) is 5.18. The molecule has 1 aliphatic heterocycles. The Morgan fingerprint density at radius 3 is 2.81 bits per heavy atom. The molecule has 0 aromatic carbocycles. The Hall–Kier alpha value is -1.43. The Labute approximate surface area is 126 Å². The van der Waals surface area contributed by atoms with E-state index in [9.17, 15) is 13.2 Å². The zero-order valence-corrected chi connectivity index (χ0v) is 13.3. The molecule has 0 radical (unpaired) electrons. The van der Waals surface area contributed by atoms with E-state index in [1.54, 1.807) is 29.3 Å². The van der Waals surface area contributed by atoms with Crippen LogP contribution in [0.15, 0.2) is 24.4 Å². The summed E-state index contributed by atoms with van der Waals surface area (Å²) in [5.41, 5.74) is 0.374.